The number of fused-ring (bicyclic) bond motifs is 1. The van der Waals surface area contributed by atoms with Crippen LogP contribution >= 0.6 is 11.6 Å². The fourth-order valence-electron chi connectivity index (χ4n) is 4.67. The first kappa shape index (κ1) is 20.0. The van der Waals surface area contributed by atoms with Crippen LogP contribution in [-0.2, 0) is 13.5 Å². The molecule has 0 saturated heterocycles. The van der Waals surface area contributed by atoms with Gasteiger partial charge in [0.05, 0.1) is 28.6 Å². The number of aromatic nitrogens is 2. The van der Waals surface area contributed by atoms with E-state index in [0.717, 1.165) is 54.5 Å². The highest BCUT2D eigenvalue weighted by atomic mass is 35.5. The molecule has 4 rings (SSSR count). The number of hydrogen-bond donors (Lipinski definition) is 1. The molecule has 5 nitrogen and oxygen atoms in total. The number of nitrogens with zero attached hydrogens (tertiary/aromatic N) is 3. The maximum atomic E-state index is 6.69. The number of anilines is 2. The predicted molar refractivity (Wildman–Crippen MR) is 118 cm³/mol. The van der Waals surface area contributed by atoms with Crippen molar-refractivity contribution in [1.29, 1.82) is 0 Å². The molecule has 1 unspecified atom stereocenters. The van der Waals surface area contributed by atoms with E-state index in [1.807, 2.05) is 23.9 Å². The number of nitrogens with two attached hydrogens (primary N) is 1. The molecular formula is C23H29ClN4O. The number of rotatable bonds is 6. The van der Waals surface area contributed by atoms with Crippen LogP contribution in [0.2, 0.25) is 5.02 Å². The summed E-state index contributed by atoms with van der Waals surface area (Å²) in [5.41, 5.74) is 11.8. The van der Waals surface area contributed by atoms with Crippen molar-refractivity contribution >= 4 is 23.1 Å². The first-order valence-electron chi connectivity index (χ1n) is 10.3. The molecule has 1 aliphatic heterocycles. The molecule has 3 heterocycles. The summed E-state index contributed by atoms with van der Waals surface area (Å²) in [6.07, 6.45) is 5.71. The summed E-state index contributed by atoms with van der Waals surface area (Å²) in [7, 11) is 2.04. The second-order valence-corrected chi connectivity index (χ2v) is 8.38. The third-order valence-corrected chi connectivity index (χ3v) is 6.11. The summed E-state index contributed by atoms with van der Waals surface area (Å²) in [4.78, 5) is 2.29. The zero-order chi connectivity index (χ0) is 20.5. The summed E-state index contributed by atoms with van der Waals surface area (Å²) in [6, 6.07) is 8.23. The average molecular weight is 413 g/mol. The van der Waals surface area contributed by atoms with E-state index in [1.165, 1.54) is 22.4 Å². The Kier molecular flexibility index (Phi) is 5.70. The van der Waals surface area contributed by atoms with Gasteiger partial charge in [0, 0.05) is 19.2 Å². The lowest BCUT2D eigenvalue weighted by Gasteiger charge is -2.30. The van der Waals surface area contributed by atoms with Crippen molar-refractivity contribution in [2.75, 3.05) is 18.0 Å². The van der Waals surface area contributed by atoms with Gasteiger partial charge < -0.3 is 15.1 Å². The molecule has 0 spiro atoms. The van der Waals surface area contributed by atoms with Crippen LogP contribution in [0.25, 0.3) is 0 Å². The Balaban J connectivity index is 1.81. The lowest BCUT2D eigenvalue weighted by atomic mass is 9.90. The Bertz CT molecular complexity index is 970. The number of halogens is 1. The predicted octanol–water partition coefficient (Wildman–Crippen LogP) is 5.24. The highest BCUT2D eigenvalue weighted by Crippen LogP contribution is 2.43. The van der Waals surface area contributed by atoms with Gasteiger partial charge >= 0.3 is 0 Å². The Labute approximate surface area is 177 Å². The quantitative estimate of drug-likeness (QED) is 0.601. The molecule has 1 aromatic carbocycles. The van der Waals surface area contributed by atoms with Crippen LogP contribution in [0.5, 0.6) is 0 Å². The Morgan fingerprint density at radius 2 is 2.14 bits per heavy atom. The fourth-order valence-corrected chi connectivity index (χ4v) is 5.09. The van der Waals surface area contributed by atoms with Crippen LogP contribution in [0.1, 0.15) is 53.3 Å². The Hall–Kier alpha value is -2.24. The standard InChI is InChI=1S/C23H29ClN4O/c1-15-13-16(2)21(19(24)14-15)28-11-5-8-18-22(27(3)26-23(18)28)17(7-4-10-25)20-9-6-12-29-20/h6,9,12-14,17H,4-5,7-8,10-11,25H2,1-3H3. The molecule has 3 aromatic rings. The van der Waals surface area contributed by atoms with Crippen molar-refractivity contribution in [3.63, 3.8) is 0 Å². The van der Waals surface area contributed by atoms with E-state index >= 15 is 0 Å². The third-order valence-electron chi connectivity index (χ3n) is 5.82. The molecule has 29 heavy (non-hydrogen) atoms. The van der Waals surface area contributed by atoms with Crippen LogP contribution in [0.3, 0.4) is 0 Å². The van der Waals surface area contributed by atoms with E-state index in [4.69, 9.17) is 26.9 Å². The number of furan rings is 1. The molecule has 0 fully saturated rings. The topological polar surface area (TPSA) is 60.2 Å². The molecule has 6 heteroatoms. The molecule has 0 amide bonds. The van der Waals surface area contributed by atoms with E-state index in [2.05, 4.69) is 30.9 Å². The molecule has 154 valence electrons. The first-order valence-corrected chi connectivity index (χ1v) is 10.7. The van der Waals surface area contributed by atoms with Gasteiger partial charge in [-0.15, -0.1) is 0 Å². The molecule has 1 atom stereocenters. The minimum atomic E-state index is 0.157. The van der Waals surface area contributed by atoms with E-state index < -0.39 is 0 Å². The summed E-state index contributed by atoms with van der Waals surface area (Å²) in [5.74, 6) is 2.15. The smallest absolute Gasteiger partial charge is 0.158 e. The molecule has 2 aromatic heterocycles. The normalized spacial score (nSPS) is 14.9. The fraction of sp³-hybridized carbons (Fsp3) is 0.435. The molecule has 0 radical (unpaired) electrons. The molecule has 0 saturated carbocycles. The van der Waals surface area contributed by atoms with Gasteiger partial charge in [0.25, 0.3) is 0 Å². The number of aryl methyl sites for hydroxylation is 3. The number of hydrogen-bond acceptors (Lipinski definition) is 4. The van der Waals surface area contributed by atoms with Crippen molar-refractivity contribution in [2.24, 2.45) is 12.8 Å². The lowest BCUT2D eigenvalue weighted by molar-refractivity contribution is 0.455. The van der Waals surface area contributed by atoms with Gasteiger partial charge in [-0.25, -0.2) is 0 Å². The molecule has 1 aliphatic rings. The van der Waals surface area contributed by atoms with E-state index in [0.29, 0.717) is 6.54 Å². The van der Waals surface area contributed by atoms with Gasteiger partial charge in [-0.1, -0.05) is 17.7 Å². The van der Waals surface area contributed by atoms with Gasteiger partial charge in [0.1, 0.15) is 5.76 Å². The zero-order valence-corrected chi connectivity index (χ0v) is 18.2. The first-order chi connectivity index (χ1) is 14.0. The average Bonchev–Trinajstić information content (AvgIpc) is 3.30. The molecule has 0 aliphatic carbocycles. The van der Waals surface area contributed by atoms with Gasteiger partial charge in [-0.2, -0.15) is 5.10 Å². The van der Waals surface area contributed by atoms with Gasteiger partial charge in [0.2, 0.25) is 0 Å². The minimum Gasteiger partial charge on any atom is -0.469 e. The van der Waals surface area contributed by atoms with Crippen LogP contribution in [0.15, 0.2) is 34.9 Å². The summed E-state index contributed by atoms with van der Waals surface area (Å²) >= 11 is 6.69. The summed E-state index contributed by atoms with van der Waals surface area (Å²) in [6.45, 7) is 5.79. The SMILES string of the molecule is Cc1cc(C)c(N2CCCc3c2nn(C)c3C(CCCN)c2ccco2)c(Cl)c1. The second kappa shape index (κ2) is 8.25. The third kappa shape index (κ3) is 3.69. The van der Waals surface area contributed by atoms with Gasteiger partial charge in [0.15, 0.2) is 5.82 Å². The largest absolute Gasteiger partial charge is 0.469 e. The van der Waals surface area contributed by atoms with E-state index in [9.17, 15) is 0 Å². The highest BCUT2D eigenvalue weighted by Gasteiger charge is 2.32. The molecular weight excluding hydrogens is 384 g/mol. The monoisotopic (exact) mass is 412 g/mol. The van der Waals surface area contributed by atoms with E-state index in [1.54, 1.807) is 6.26 Å². The van der Waals surface area contributed by atoms with Crippen molar-refractivity contribution < 1.29 is 4.42 Å². The maximum Gasteiger partial charge on any atom is 0.158 e. The van der Waals surface area contributed by atoms with Crippen LogP contribution in [0, 0.1) is 13.8 Å². The van der Waals surface area contributed by atoms with Crippen LogP contribution in [-0.4, -0.2) is 22.9 Å². The maximum absolute atomic E-state index is 6.69. The lowest BCUT2D eigenvalue weighted by Crippen LogP contribution is -2.26. The molecule has 0 bridgehead atoms. The Morgan fingerprint density at radius 1 is 1.31 bits per heavy atom. The van der Waals surface area contributed by atoms with Crippen LogP contribution < -0.4 is 10.6 Å². The minimum absolute atomic E-state index is 0.157. The number of benzene rings is 1. The summed E-state index contributed by atoms with van der Waals surface area (Å²) < 4.78 is 7.84. The van der Waals surface area contributed by atoms with E-state index in [-0.39, 0.29) is 5.92 Å². The van der Waals surface area contributed by atoms with Crippen molar-refractivity contribution in [3.8, 4) is 0 Å². The Morgan fingerprint density at radius 3 is 2.83 bits per heavy atom. The summed E-state index contributed by atoms with van der Waals surface area (Å²) in [5, 5.41) is 5.75. The van der Waals surface area contributed by atoms with Crippen molar-refractivity contribution in [1.82, 2.24) is 9.78 Å². The van der Waals surface area contributed by atoms with Crippen molar-refractivity contribution in [3.05, 3.63) is 63.7 Å². The highest BCUT2D eigenvalue weighted by molar-refractivity contribution is 6.33. The van der Waals surface area contributed by atoms with Crippen LogP contribution in [0.4, 0.5) is 11.5 Å². The zero-order valence-electron chi connectivity index (χ0n) is 17.4. The van der Waals surface area contributed by atoms with Gasteiger partial charge in [-0.05, 0) is 75.4 Å². The van der Waals surface area contributed by atoms with Gasteiger partial charge in [-0.3, -0.25) is 4.68 Å². The molecule has 2 N–H and O–H groups in total. The second-order valence-electron chi connectivity index (χ2n) is 7.98. The van der Waals surface area contributed by atoms with Crippen molar-refractivity contribution in [2.45, 2.75) is 45.4 Å².